The third kappa shape index (κ3) is 4.03. The average molecular weight is 464 g/mol. The lowest BCUT2D eigenvalue weighted by Crippen LogP contribution is -2.33. The number of furan rings is 1. The van der Waals surface area contributed by atoms with Gasteiger partial charge in [-0.15, -0.1) is 11.3 Å². The lowest BCUT2D eigenvalue weighted by atomic mass is 10.2. The van der Waals surface area contributed by atoms with Crippen LogP contribution < -0.4 is 10.6 Å². The van der Waals surface area contributed by atoms with Gasteiger partial charge in [0, 0.05) is 16.6 Å². The number of benzene rings is 3. The van der Waals surface area contributed by atoms with Crippen molar-refractivity contribution in [3.8, 4) is 10.6 Å². The molecule has 8 heteroatoms. The number of nitrogens with one attached hydrogen (secondary N) is 2. The van der Waals surface area contributed by atoms with E-state index in [1.807, 2.05) is 54.6 Å². The van der Waals surface area contributed by atoms with Gasteiger partial charge < -0.3 is 9.73 Å². The maximum atomic E-state index is 12.4. The maximum Gasteiger partial charge on any atom is 0.293 e. The van der Waals surface area contributed by atoms with E-state index in [0.717, 1.165) is 26.2 Å². The molecular weight excluding hydrogens is 450 g/mol. The second-order valence-corrected chi connectivity index (χ2v) is 8.58. The second-order valence-electron chi connectivity index (χ2n) is 6.74. The molecule has 5 aromatic rings. The summed E-state index contributed by atoms with van der Waals surface area (Å²) < 4.78 is 6.67. The zero-order chi connectivity index (χ0) is 21.4. The first-order valence-electron chi connectivity index (χ1n) is 9.33. The highest BCUT2D eigenvalue weighted by Crippen LogP contribution is 2.35. The summed E-state index contributed by atoms with van der Waals surface area (Å²) in [5, 5.41) is 7.98. The molecule has 0 unspecified atom stereocenters. The Bertz CT molecular complexity index is 1390. The van der Waals surface area contributed by atoms with Crippen LogP contribution in [0.5, 0.6) is 0 Å². The molecular formula is C23H14ClN3O2S2. The number of aromatic nitrogens is 1. The van der Waals surface area contributed by atoms with Gasteiger partial charge in [-0.2, -0.15) is 0 Å². The predicted octanol–water partition coefficient (Wildman–Crippen LogP) is 6.49. The van der Waals surface area contributed by atoms with E-state index in [-0.39, 0.29) is 10.9 Å². The van der Waals surface area contributed by atoms with Gasteiger partial charge in [-0.3, -0.25) is 10.1 Å². The lowest BCUT2D eigenvalue weighted by molar-refractivity contribution is 0.0953. The van der Waals surface area contributed by atoms with Crippen molar-refractivity contribution in [3.63, 3.8) is 0 Å². The Morgan fingerprint density at radius 2 is 1.84 bits per heavy atom. The van der Waals surface area contributed by atoms with Crippen LogP contribution in [-0.2, 0) is 0 Å². The minimum Gasteiger partial charge on any atom is -0.451 e. The van der Waals surface area contributed by atoms with Gasteiger partial charge >= 0.3 is 0 Å². The molecule has 0 saturated heterocycles. The molecule has 152 valence electrons. The fraction of sp³-hybridized carbons (Fsp3) is 0. The second kappa shape index (κ2) is 8.11. The molecule has 0 atom stereocenters. The highest BCUT2D eigenvalue weighted by atomic mass is 35.5. The first-order valence-corrected chi connectivity index (χ1v) is 10.9. The third-order valence-electron chi connectivity index (χ3n) is 4.63. The number of fused-ring (bicyclic) bond motifs is 2. The van der Waals surface area contributed by atoms with Crippen LogP contribution in [0.15, 0.2) is 77.2 Å². The quantitative estimate of drug-likeness (QED) is 0.299. The number of amides is 1. The number of hydrogen-bond donors (Lipinski definition) is 2. The van der Waals surface area contributed by atoms with Crippen molar-refractivity contribution in [2.75, 3.05) is 5.32 Å². The van der Waals surface area contributed by atoms with Crippen LogP contribution in [0.4, 0.5) is 5.69 Å². The van der Waals surface area contributed by atoms with E-state index in [1.165, 1.54) is 0 Å². The summed E-state index contributed by atoms with van der Waals surface area (Å²) in [6, 6.07) is 22.5. The van der Waals surface area contributed by atoms with Gasteiger partial charge in [0.15, 0.2) is 10.9 Å². The molecule has 2 N–H and O–H groups in total. The molecule has 0 aliphatic carbocycles. The molecule has 5 rings (SSSR count). The monoisotopic (exact) mass is 463 g/mol. The van der Waals surface area contributed by atoms with E-state index in [1.54, 1.807) is 29.5 Å². The summed E-state index contributed by atoms with van der Waals surface area (Å²) in [6.07, 6.45) is 0. The molecule has 0 radical (unpaired) electrons. The molecule has 5 nitrogen and oxygen atoms in total. The topological polar surface area (TPSA) is 67.2 Å². The van der Waals surface area contributed by atoms with Gasteiger partial charge in [-0.05, 0) is 54.7 Å². The fourth-order valence-corrected chi connectivity index (χ4v) is 4.72. The minimum atomic E-state index is -0.425. The third-order valence-corrected chi connectivity index (χ3v) is 6.21. The predicted molar refractivity (Wildman–Crippen MR) is 130 cm³/mol. The molecule has 0 bridgehead atoms. The molecule has 0 saturated carbocycles. The van der Waals surface area contributed by atoms with Gasteiger partial charge in [-0.1, -0.05) is 41.9 Å². The Kier molecular flexibility index (Phi) is 5.15. The molecule has 31 heavy (non-hydrogen) atoms. The van der Waals surface area contributed by atoms with Crippen molar-refractivity contribution >= 4 is 73.0 Å². The molecule has 2 aromatic heterocycles. The number of carbonyl (C=O) groups excluding carboxylic acids is 1. The van der Waals surface area contributed by atoms with Crippen molar-refractivity contribution in [3.05, 3.63) is 83.6 Å². The Labute approximate surface area is 191 Å². The van der Waals surface area contributed by atoms with E-state index in [9.17, 15) is 4.79 Å². The minimum absolute atomic E-state index is 0.147. The number of nitrogens with zero attached hydrogens (tertiary/aromatic N) is 1. The number of thiocarbonyl (C=S) groups is 1. The summed E-state index contributed by atoms with van der Waals surface area (Å²) in [5.41, 5.74) is 3.08. The van der Waals surface area contributed by atoms with Crippen molar-refractivity contribution in [2.24, 2.45) is 0 Å². The summed E-state index contributed by atoms with van der Waals surface area (Å²) in [6.45, 7) is 0. The number of thiazole rings is 1. The van der Waals surface area contributed by atoms with Crippen molar-refractivity contribution in [2.45, 2.75) is 0 Å². The summed E-state index contributed by atoms with van der Waals surface area (Å²) in [5.74, 6) is -0.236. The first-order chi connectivity index (χ1) is 15.1. The molecule has 0 fully saturated rings. The van der Waals surface area contributed by atoms with Crippen molar-refractivity contribution in [1.82, 2.24) is 10.3 Å². The van der Waals surface area contributed by atoms with E-state index in [4.69, 9.17) is 28.2 Å². The zero-order valence-corrected chi connectivity index (χ0v) is 18.3. The average Bonchev–Trinajstić information content (AvgIpc) is 3.38. The normalized spacial score (nSPS) is 11.0. The standard InChI is InChI=1S/C23H14ClN3O2S2/c24-16-12-14(9-10-15(16)22-26-17-6-2-4-8-20(17)31-22)25-23(30)27-21(28)19-11-13-5-1-3-7-18(13)29-19/h1-12H,(H2,25,27,28,30). The van der Waals surface area contributed by atoms with E-state index in [2.05, 4.69) is 15.6 Å². The molecule has 2 heterocycles. The van der Waals surface area contributed by atoms with Crippen LogP contribution in [-0.4, -0.2) is 16.0 Å². The Balaban J connectivity index is 1.30. The Morgan fingerprint density at radius 1 is 1.03 bits per heavy atom. The smallest absolute Gasteiger partial charge is 0.293 e. The first kappa shape index (κ1) is 19.7. The van der Waals surface area contributed by atoms with Crippen LogP contribution in [0.1, 0.15) is 10.6 Å². The summed E-state index contributed by atoms with van der Waals surface area (Å²) in [4.78, 5) is 17.1. The van der Waals surface area contributed by atoms with Gasteiger partial charge in [0.1, 0.15) is 10.6 Å². The number of carbonyl (C=O) groups is 1. The van der Waals surface area contributed by atoms with Crippen LogP contribution >= 0.6 is 35.2 Å². The molecule has 0 aliphatic rings. The van der Waals surface area contributed by atoms with Crippen LogP contribution in [0.25, 0.3) is 31.8 Å². The fourth-order valence-electron chi connectivity index (χ4n) is 3.17. The molecule has 1 amide bonds. The summed E-state index contributed by atoms with van der Waals surface area (Å²) >= 11 is 13.4. The molecule has 3 aromatic carbocycles. The Morgan fingerprint density at radius 3 is 2.65 bits per heavy atom. The molecule has 0 aliphatic heterocycles. The van der Waals surface area contributed by atoms with Gasteiger partial charge in [0.2, 0.25) is 0 Å². The Hall–Kier alpha value is -3.26. The number of anilines is 1. The van der Waals surface area contributed by atoms with Crippen molar-refractivity contribution < 1.29 is 9.21 Å². The van der Waals surface area contributed by atoms with Crippen LogP contribution in [0, 0.1) is 0 Å². The lowest BCUT2D eigenvalue weighted by Gasteiger charge is -2.10. The van der Waals surface area contributed by atoms with E-state index >= 15 is 0 Å². The highest BCUT2D eigenvalue weighted by Gasteiger charge is 2.15. The maximum absolute atomic E-state index is 12.4. The number of hydrogen-bond acceptors (Lipinski definition) is 5. The van der Waals surface area contributed by atoms with Gasteiger partial charge in [0.25, 0.3) is 5.91 Å². The largest absolute Gasteiger partial charge is 0.451 e. The molecule has 0 spiro atoms. The van der Waals surface area contributed by atoms with Crippen LogP contribution in [0.3, 0.4) is 0 Å². The number of para-hydroxylation sites is 2. The zero-order valence-electron chi connectivity index (χ0n) is 15.9. The number of halogens is 1. The van der Waals surface area contributed by atoms with Crippen molar-refractivity contribution in [1.29, 1.82) is 0 Å². The summed E-state index contributed by atoms with van der Waals surface area (Å²) in [7, 11) is 0. The number of rotatable bonds is 3. The highest BCUT2D eigenvalue weighted by molar-refractivity contribution is 7.80. The van der Waals surface area contributed by atoms with E-state index < -0.39 is 5.91 Å². The van der Waals surface area contributed by atoms with Gasteiger partial charge in [0.05, 0.1) is 15.2 Å². The van der Waals surface area contributed by atoms with Crippen LogP contribution in [0.2, 0.25) is 5.02 Å². The van der Waals surface area contributed by atoms with Gasteiger partial charge in [-0.25, -0.2) is 4.98 Å². The SMILES string of the molecule is O=C(NC(=S)Nc1ccc(-c2nc3ccccc3s2)c(Cl)c1)c1cc2ccccc2o1. The van der Waals surface area contributed by atoms with E-state index in [0.29, 0.717) is 16.3 Å².